The zero-order chi connectivity index (χ0) is 20.1. The van der Waals surface area contributed by atoms with Crippen molar-refractivity contribution in [1.29, 1.82) is 0 Å². The molecule has 1 heterocycles. The fourth-order valence-corrected chi connectivity index (χ4v) is 2.35. The molecule has 0 aliphatic carbocycles. The van der Waals surface area contributed by atoms with E-state index < -0.39 is 4.92 Å². The van der Waals surface area contributed by atoms with Gasteiger partial charge in [-0.25, -0.2) is 0 Å². The Morgan fingerprint density at radius 1 is 1.26 bits per heavy atom. The van der Waals surface area contributed by atoms with Crippen LogP contribution in [0.4, 0.5) is 11.4 Å². The molecule has 0 saturated heterocycles. The monoisotopic (exact) mass is 375 g/mol. The third kappa shape index (κ3) is 5.03. The quantitative estimate of drug-likeness (QED) is 0.579. The molecule has 0 unspecified atom stereocenters. The van der Waals surface area contributed by atoms with Crippen molar-refractivity contribution in [2.24, 2.45) is 0 Å². The van der Waals surface area contributed by atoms with E-state index in [1.807, 2.05) is 0 Å². The van der Waals surface area contributed by atoms with Crippen molar-refractivity contribution in [2.75, 3.05) is 26.0 Å². The molecule has 144 valence electrons. The minimum absolute atomic E-state index is 0.0740. The summed E-state index contributed by atoms with van der Waals surface area (Å²) in [5.74, 6) is -0.0318. The Hall–Kier alpha value is -3.43. The Balaban J connectivity index is 1.95. The minimum atomic E-state index is -0.508. The molecule has 0 atom stereocenters. The average Bonchev–Trinajstić information content (AvgIpc) is 2.87. The van der Waals surface area contributed by atoms with E-state index in [1.54, 1.807) is 45.3 Å². The lowest BCUT2D eigenvalue weighted by atomic mass is 10.3. The molecule has 0 bridgehead atoms. The number of amides is 2. The summed E-state index contributed by atoms with van der Waals surface area (Å²) in [4.78, 5) is 35.6. The van der Waals surface area contributed by atoms with Crippen molar-refractivity contribution < 1.29 is 19.2 Å². The molecule has 2 rings (SSSR count). The normalized spacial score (nSPS) is 10.4. The van der Waals surface area contributed by atoms with Gasteiger partial charge in [0.2, 0.25) is 5.91 Å². The molecule has 0 spiro atoms. The number of nitrogens with zero attached hydrogens (tertiary/aromatic N) is 4. The highest BCUT2D eigenvalue weighted by Gasteiger charge is 2.22. The highest BCUT2D eigenvalue weighted by atomic mass is 16.6. The van der Waals surface area contributed by atoms with E-state index in [1.165, 1.54) is 16.5 Å². The minimum Gasteiger partial charge on any atom is -0.484 e. The van der Waals surface area contributed by atoms with Crippen LogP contribution in [0.1, 0.15) is 11.4 Å². The van der Waals surface area contributed by atoms with Gasteiger partial charge in [0.1, 0.15) is 23.7 Å². The lowest BCUT2D eigenvalue weighted by molar-refractivity contribution is -0.386. The SMILES string of the molecule is Cc1nn(CC(=O)Nc2ccc(OCC(=O)N(C)C)cc2)c(C)c1[N+](=O)[O-]. The van der Waals surface area contributed by atoms with Crippen molar-refractivity contribution in [3.63, 3.8) is 0 Å². The summed E-state index contributed by atoms with van der Waals surface area (Å²) in [5.41, 5.74) is 1.03. The highest BCUT2D eigenvalue weighted by Crippen LogP contribution is 2.22. The number of nitrogens with one attached hydrogen (secondary N) is 1. The molecule has 0 fully saturated rings. The molecule has 10 nitrogen and oxygen atoms in total. The van der Waals surface area contributed by atoms with Crippen LogP contribution in [-0.2, 0) is 16.1 Å². The summed E-state index contributed by atoms with van der Waals surface area (Å²) in [7, 11) is 3.28. The van der Waals surface area contributed by atoms with Crippen molar-refractivity contribution >= 4 is 23.2 Å². The summed E-state index contributed by atoms with van der Waals surface area (Å²) in [6.07, 6.45) is 0. The summed E-state index contributed by atoms with van der Waals surface area (Å²) >= 11 is 0. The number of hydrogen-bond acceptors (Lipinski definition) is 6. The lowest BCUT2D eigenvalue weighted by Gasteiger charge is -2.12. The van der Waals surface area contributed by atoms with Crippen LogP contribution in [0.5, 0.6) is 5.75 Å². The van der Waals surface area contributed by atoms with Crippen molar-refractivity contribution in [1.82, 2.24) is 14.7 Å². The van der Waals surface area contributed by atoms with E-state index in [0.29, 0.717) is 17.1 Å². The van der Waals surface area contributed by atoms with E-state index in [4.69, 9.17) is 4.74 Å². The second kappa shape index (κ2) is 8.30. The maximum atomic E-state index is 12.2. The molecule has 0 radical (unpaired) electrons. The third-order valence-electron chi connectivity index (χ3n) is 3.82. The van der Waals surface area contributed by atoms with Crippen LogP contribution >= 0.6 is 0 Å². The first kappa shape index (κ1) is 19.9. The second-order valence-electron chi connectivity index (χ2n) is 6.08. The summed E-state index contributed by atoms with van der Waals surface area (Å²) < 4.78 is 6.66. The van der Waals surface area contributed by atoms with Crippen molar-refractivity contribution in [2.45, 2.75) is 20.4 Å². The van der Waals surface area contributed by atoms with Crippen LogP contribution in [0, 0.1) is 24.0 Å². The molecule has 0 saturated carbocycles. The van der Waals surface area contributed by atoms with E-state index in [9.17, 15) is 19.7 Å². The fourth-order valence-electron chi connectivity index (χ4n) is 2.35. The van der Waals surface area contributed by atoms with Gasteiger partial charge in [-0.05, 0) is 38.1 Å². The maximum absolute atomic E-state index is 12.2. The Morgan fingerprint density at radius 2 is 1.89 bits per heavy atom. The first-order valence-corrected chi connectivity index (χ1v) is 8.10. The Bertz CT molecular complexity index is 857. The Labute approximate surface area is 155 Å². The number of ether oxygens (including phenoxy) is 1. The highest BCUT2D eigenvalue weighted by molar-refractivity contribution is 5.90. The zero-order valence-electron chi connectivity index (χ0n) is 15.6. The molecule has 1 N–H and O–H groups in total. The van der Waals surface area contributed by atoms with Gasteiger partial charge in [-0.15, -0.1) is 0 Å². The summed E-state index contributed by atoms with van der Waals surface area (Å²) in [5, 5.41) is 17.7. The molecular weight excluding hydrogens is 354 g/mol. The molecule has 0 aliphatic heterocycles. The van der Waals surface area contributed by atoms with Gasteiger partial charge in [0.05, 0.1) is 4.92 Å². The average molecular weight is 375 g/mol. The summed E-state index contributed by atoms with van der Waals surface area (Å²) in [6, 6.07) is 6.54. The van der Waals surface area contributed by atoms with Crippen LogP contribution in [-0.4, -0.2) is 52.1 Å². The van der Waals surface area contributed by atoms with E-state index in [2.05, 4.69) is 10.4 Å². The Morgan fingerprint density at radius 3 is 2.41 bits per heavy atom. The van der Waals surface area contributed by atoms with Crippen molar-refractivity contribution in [3.05, 3.63) is 45.8 Å². The third-order valence-corrected chi connectivity index (χ3v) is 3.82. The van der Waals surface area contributed by atoms with Gasteiger partial charge >= 0.3 is 5.69 Å². The molecule has 1 aromatic heterocycles. The van der Waals surface area contributed by atoms with Crippen LogP contribution in [0.3, 0.4) is 0 Å². The number of likely N-dealkylation sites (N-methyl/N-ethyl adjacent to an activating group) is 1. The smallest absolute Gasteiger partial charge is 0.312 e. The van der Waals surface area contributed by atoms with E-state index in [-0.39, 0.29) is 36.3 Å². The van der Waals surface area contributed by atoms with Gasteiger partial charge in [0.15, 0.2) is 6.61 Å². The number of anilines is 1. The van der Waals surface area contributed by atoms with Crippen LogP contribution in [0.2, 0.25) is 0 Å². The molecule has 0 aliphatic rings. The number of carbonyl (C=O) groups excluding carboxylic acids is 2. The van der Waals surface area contributed by atoms with Crippen LogP contribution in [0.15, 0.2) is 24.3 Å². The van der Waals surface area contributed by atoms with Gasteiger partial charge in [-0.1, -0.05) is 0 Å². The first-order chi connectivity index (χ1) is 12.7. The lowest BCUT2D eigenvalue weighted by Crippen LogP contribution is -2.27. The molecular formula is C17H21N5O5. The number of hydrogen-bond donors (Lipinski definition) is 1. The molecule has 10 heteroatoms. The van der Waals surface area contributed by atoms with Crippen LogP contribution in [0.25, 0.3) is 0 Å². The maximum Gasteiger partial charge on any atom is 0.312 e. The number of rotatable bonds is 7. The molecule has 2 amide bonds. The first-order valence-electron chi connectivity index (χ1n) is 8.10. The predicted molar refractivity (Wildman–Crippen MR) is 97.6 cm³/mol. The second-order valence-corrected chi connectivity index (χ2v) is 6.08. The number of aryl methyl sites for hydroxylation is 1. The Kier molecular flexibility index (Phi) is 6.11. The van der Waals surface area contributed by atoms with E-state index in [0.717, 1.165) is 0 Å². The number of carbonyl (C=O) groups is 2. The predicted octanol–water partition coefficient (Wildman–Crippen LogP) is 1.51. The number of nitro groups is 1. The van der Waals surface area contributed by atoms with E-state index >= 15 is 0 Å². The van der Waals surface area contributed by atoms with Gasteiger partial charge < -0.3 is 15.0 Å². The van der Waals surface area contributed by atoms with Gasteiger partial charge in [-0.2, -0.15) is 5.10 Å². The topological polar surface area (TPSA) is 120 Å². The largest absolute Gasteiger partial charge is 0.484 e. The molecule has 1 aromatic carbocycles. The zero-order valence-corrected chi connectivity index (χ0v) is 15.6. The summed E-state index contributed by atoms with van der Waals surface area (Å²) in [6.45, 7) is 2.86. The molecule has 2 aromatic rings. The standard InChI is InChI=1S/C17H21N5O5/c1-11-17(22(25)26)12(2)21(19-11)9-15(23)18-13-5-7-14(8-6-13)27-10-16(24)20(3)4/h5-8H,9-10H2,1-4H3,(H,18,23). The fraction of sp³-hybridized carbons (Fsp3) is 0.353. The number of aromatic nitrogens is 2. The van der Waals surface area contributed by atoms with Gasteiger partial charge in [-0.3, -0.25) is 24.4 Å². The van der Waals surface area contributed by atoms with Crippen LogP contribution < -0.4 is 10.1 Å². The van der Waals surface area contributed by atoms with Gasteiger partial charge in [0, 0.05) is 19.8 Å². The van der Waals surface area contributed by atoms with Crippen molar-refractivity contribution in [3.8, 4) is 5.75 Å². The molecule has 27 heavy (non-hydrogen) atoms. The van der Waals surface area contributed by atoms with Gasteiger partial charge in [0.25, 0.3) is 5.91 Å². The number of benzene rings is 1.